The van der Waals surface area contributed by atoms with Crippen LogP contribution in [0.3, 0.4) is 0 Å². The average Bonchev–Trinajstić information content (AvgIpc) is 2.90. The molecule has 3 aromatic rings. The van der Waals surface area contributed by atoms with E-state index in [4.69, 9.17) is 5.73 Å². The summed E-state index contributed by atoms with van der Waals surface area (Å²) in [5.41, 5.74) is 7.69. The molecule has 0 saturated heterocycles. The van der Waals surface area contributed by atoms with Crippen molar-refractivity contribution in [2.24, 2.45) is 0 Å². The van der Waals surface area contributed by atoms with Crippen LogP contribution in [-0.4, -0.2) is 9.78 Å². The van der Waals surface area contributed by atoms with Crippen LogP contribution in [0.1, 0.15) is 20.8 Å². The van der Waals surface area contributed by atoms with Crippen LogP contribution in [0.5, 0.6) is 0 Å². The standard InChI is InChI=1S/C15H17N3S/c1-15(2,3)18-9-11(16)14(17-18)13-8-10-6-4-5-7-12(10)19-13/h4-9H,16H2,1-3H3. The molecule has 19 heavy (non-hydrogen) atoms. The fraction of sp³-hybridized carbons (Fsp3) is 0.267. The number of nitrogen functional groups attached to an aromatic ring is 1. The molecule has 0 aliphatic heterocycles. The molecule has 0 fully saturated rings. The van der Waals surface area contributed by atoms with Gasteiger partial charge in [0.15, 0.2) is 0 Å². The highest BCUT2D eigenvalue weighted by Crippen LogP contribution is 2.35. The number of hydrogen-bond donors (Lipinski definition) is 1. The molecule has 0 saturated carbocycles. The van der Waals surface area contributed by atoms with E-state index in [1.54, 1.807) is 11.3 Å². The molecular formula is C15H17N3S. The minimum atomic E-state index is -0.0525. The minimum Gasteiger partial charge on any atom is -0.396 e. The second-order valence-electron chi connectivity index (χ2n) is 5.70. The summed E-state index contributed by atoms with van der Waals surface area (Å²) in [5, 5.41) is 5.89. The molecule has 1 aromatic carbocycles. The summed E-state index contributed by atoms with van der Waals surface area (Å²) in [7, 11) is 0. The number of anilines is 1. The van der Waals surface area contributed by atoms with Crippen LogP contribution in [0.15, 0.2) is 36.5 Å². The van der Waals surface area contributed by atoms with Gasteiger partial charge in [0.1, 0.15) is 5.69 Å². The Kier molecular flexibility index (Phi) is 2.64. The fourth-order valence-electron chi connectivity index (χ4n) is 2.02. The smallest absolute Gasteiger partial charge is 0.125 e. The van der Waals surface area contributed by atoms with E-state index in [1.165, 1.54) is 10.1 Å². The second-order valence-corrected chi connectivity index (χ2v) is 6.78. The molecule has 3 nitrogen and oxygen atoms in total. The van der Waals surface area contributed by atoms with Crippen molar-refractivity contribution in [1.82, 2.24) is 9.78 Å². The van der Waals surface area contributed by atoms with E-state index in [0.29, 0.717) is 0 Å². The van der Waals surface area contributed by atoms with Crippen molar-refractivity contribution in [3.05, 3.63) is 36.5 Å². The van der Waals surface area contributed by atoms with Crippen LogP contribution in [-0.2, 0) is 5.54 Å². The maximum Gasteiger partial charge on any atom is 0.125 e. The number of benzene rings is 1. The van der Waals surface area contributed by atoms with E-state index < -0.39 is 0 Å². The molecule has 0 unspecified atom stereocenters. The van der Waals surface area contributed by atoms with Crippen LogP contribution in [0.25, 0.3) is 20.7 Å². The Labute approximate surface area is 116 Å². The van der Waals surface area contributed by atoms with Gasteiger partial charge in [0.2, 0.25) is 0 Å². The van der Waals surface area contributed by atoms with Crippen molar-refractivity contribution >= 4 is 27.1 Å². The van der Waals surface area contributed by atoms with Crippen LogP contribution in [0.2, 0.25) is 0 Å². The van der Waals surface area contributed by atoms with E-state index in [0.717, 1.165) is 16.3 Å². The van der Waals surface area contributed by atoms with Gasteiger partial charge < -0.3 is 5.73 Å². The number of thiophene rings is 1. The molecular weight excluding hydrogens is 254 g/mol. The molecule has 98 valence electrons. The summed E-state index contributed by atoms with van der Waals surface area (Å²) in [6.07, 6.45) is 1.92. The van der Waals surface area contributed by atoms with Crippen LogP contribution in [0.4, 0.5) is 5.69 Å². The number of nitrogens with two attached hydrogens (primary N) is 1. The Balaban J connectivity index is 2.13. The van der Waals surface area contributed by atoms with Gasteiger partial charge >= 0.3 is 0 Å². The zero-order valence-corrected chi connectivity index (χ0v) is 12.2. The molecule has 0 atom stereocenters. The summed E-state index contributed by atoms with van der Waals surface area (Å²) >= 11 is 1.73. The first-order valence-corrected chi connectivity index (χ1v) is 7.11. The first-order valence-electron chi connectivity index (χ1n) is 6.30. The Morgan fingerprint density at radius 3 is 2.58 bits per heavy atom. The summed E-state index contributed by atoms with van der Waals surface area (Å²) in [5.74, 6) is 0. The largest absolute Gasteiger partial charge is 0.396 e. The highest BCUT2D eigenvalue weighted by atomic mass is 32.1. The lowest BCUT2D eigenvalue weighted by atomic mass is 10.1. The summed E-state index contributed by atoms with van der Waals surface area (Å²) in [6.45, 7) is 6.36. The van der Waals surface area contributed by atoms with Crippen LogP contribution < -0.4 is 5.73 Å². The number of fused-ring (bicyclic) bond motifs is 1. The van der Waals surface area contributed by atoms with Crippen molar-refractivity contribution < 1.29 is 0 Å². The van der Waals surface area contributed by atoms with Gasteiger partial charge in [-0.2, -0.15) is 5.10 Å². The highest BCUT2D eigenvalue weighted by molar-refractivity contribution is 7.22. The van der Waals surface area contributed by atoms with E-state index in [1.807, 2.05) is 10.9 Å². The Hall–Kier alpha value is -1.81. The predicted molar refractivity (Wildman–Crippen MR) is 82.5 cm³/mol. The molecule has 3 rings (SSSR count). The molecule has 0 amide bonds. The fourth-order valence-corrected chi connectivity index (χ4v) is 3.09. The molecule has 0 aliphatic rings. The summed E-state index contributed by atoms with van der Waals surface area (Å²) in [4.78, 5) is 1.13. The van der Waals surface area contributed by atoms with Crippen LogP contribution >= 0.6 is 11.3 Å². The van der Waals surface area contributed by atoms with Gasteiger partial charge in [0, 0.05) is 10.9 Å². The van der Waals surface area contributed by atoms with Gasteiger partial charge in [-0.1, -0.05) is 18.2 Å². The number of nitrogens with zero attached hydrogens (tertiary/aromatic N) is 2. The predicted octanol–water partition coefficient (Wildman–Crippen LogP) is 4.10. The molecule has 2 aromatic heterocycles. The molecule has 4 heteroatoms. The van der Waals surface area contributed by atoms with Gasteiger partial charge in [-0.25, -0.2) is 0 Å². The zero-order valence-electron chi connectivity index (χ0n) is 11.3. The average molecular weight is 271 g/mol. The molecule has 2 N–H and O–H groups in total. The molecule has 0 aliphatic carbocycles. The van der Waals surface area contributed by atoms with E-state index in [-0.39, 0.29) is 5.54 Å². The zero-order chi connectivity index (χ0) is 13.6. The summed E-state index contributed by atoms with van der Waals surface area (Å²) in [6, 6.07) is 10.5. The number of rotatable bonds is 1. The Morgan fingerprint density at radius 1 is 1.21 bits per heavy atom. The number of hydrogen-bond acceptors (Lipinski definition) is 3. The van der Waals surface area contributed by atoms with Gasteiger partial charge in [-0.15, -0.1) is 11.3 Å². The van der Waals surface area contributed by atoms with Crippen LogP contribution in [0, 0.1) is 0 Å². The Bertz CT molecular complexity index is 698. The normalized spacial score (nSPS) is 12.2. The lowest BCUT2D eigenvalue weighted by molar-refractivity contribution is 0.356. The first-order chi connectivity index (χ1) is 8.95. The van der Waals surface area contributed by atoms with E-state index >= 15 is 0 Å². The minimum absolute atomic E-state index is 0.0525. The van der Waals surface area contributed by atoms with Crippen molar-refractivity contribution in [3.63, 3.8) is 0 Å². The van der Waals surface area contributed by atoms with Gasteiger partial charge in [-0.3, -0.25) is 4.68 Å². The third kappa shape index (κ3) is 2.12. The molecule has 2 heterocycles. The van der Waals surface area contributed by atoms with Crippen molar-refractivity contribution in [3.8, 4) is 10.6 Å². The molecule has 0 spiro atoms. The van der Waals surface area contributed by atoms with Crippen molar-refractivity contribution in [1.29, 1.82) is 0 Å². The van der Waals surface area contributed by atoms with E-state index in [9.17, 15) is 0 Å². The first kappa shape index (κ1) is 12.2. The quantitative estimate of drug-likeness (QED) is 0.724. The molecule has 0 radical (unpaired) electrons. The second kappa shape index (κ2) is 4.10. The lowest BCUT2D eigenvalue weighted by Gasteiger charge is -2.18. The van der Waals surface area contributed by atoms with Crippen molar-refractivity contribution in [2.45, 2.75) is 26.3 Å². The third-order valence-electron chi connectivity index (χ3n) is 3.09. The topological polar surface area (TPSA) is 43.8 Å². The van der Waals surface area contributed by atoms with Gasteiger partial charge in [0.25, 0.3) is 0 Å². The molecule has 0 bridgehead atoms. The SMILES string of the molecule is CC(C)(C)n1cc(N)c(-c2cc3ccccc3s2)n1. The van der Waals surface area contributed by atoms with Crippen molar-refractivity contribution in [2.75, 3.05) is 5.73 Å². The summed E-state index contributed by atoms with van der Waals surface area (Å²) < 4.78 is 3.20. The monoisotopic (exact) mass is 271 g/mol. The number of aromatic nitrogens is 2. The third-order valence-corrected chi connectivity index (χ3v) is 4.21. The maximum absolute atomic E-state index is 6.12. The van der Waals surface area contributed by atoms with Gasteiger partial charge in [0.05, 0.1) is 16.1 Å². The van der Waals surface area contributed by atoms with Gasteiger partial charge in [-0.05, 0) is 38.3 Å². The Morgan fingerprint density at radius 2 is 1.95 bits per heavy atom. The van der Waals surface area contributed by atoms with E-state index in [2.05, 4.69) is 56.2 Å². The lowest BCUT2D eigenvalue weighted by Crippen LogP contribution is -2.22. The maximum atomic E-state index is 6.12. The highest BCUT2D eigenvalue weighted by Gasteiger charge is 2.18.